The molecule has 10 heteroatoms. The number of rotatable bonds is 4. The molecular formula is C21H24N6O3S. The van der Waals surface area contributed by atoms with Gasteiger partial charge in [0.1, 0.15) is 11.5 Å². The summed E-state index contributed by atoms with van der Waals surface area (Å²) in [5.74, 6) is 0.324. The minimum Gasteiger partial charge on any atom is -0.327 e. The fourth-order valence-corrected chi connectivity index (χ4v) is 5.37. The van der Waals surface area contributed by atoms with Crippen LogP contribution in [0.25, 0.3) is 0 Å². The van der Waals surface area contributed by atoms with Crippen LogP contribution >= 0.6 is 11.3 Å². The predicted molar refractivity (Wildman–Crippen MR) is 114 cm³/mol. The van der Waals surface area contributed by atoms with E-state index >= 15 is 0 Å². The second-order valence-electron chi connectivity index (χ2n) is 8.22. The smallest absolute Gasteiger partial charge is 0.278 e. The lowest BCUT2D eigenvalue weighted by Gasteiger charge is -2.29. The molecule has 0 saturated carbocycles. The first-order valence-electron chi connectivity index (χ1n) is 10.5. The van der Waals surface area contributed by atoms with Gasteiger partial charge in [0.2, 0.25) is 0 Å². The lowest BCUT2D eigenvalue weighted by molar-refractivity contribution is 0.0717. The van der Waals surface area contributed by atoms with Crippen molar-refractivity contribution in [1.29, 1.82) is 0 Å². The fraction of sp³-hybridized carbons (Fsp3) is 0.476. The van der Waals surface area contributed by atoms with Crippen LogP contribution in [0.5, 0.6) is 0 Å². The Morgan fingerprint density at radius 1 is 1.32 bits per heavy atom. The van der Waals surface area contributed by atoms with Gasteiger partial charge in [-0.15, -0.1) is 11.3 Å². The molecule has 3 aromatic rings. The SMILES string of the molecule is Cc1ccsc1CN1CCc2nc(C3CCCN3C(=O)c3nonc3C)[nH]c(=O)c2C1. The lowest BCUT2D eigenvalue weighted by Crippen LogP contribution is -2.38. The van der Waals surface area contributed by atoms with E-state index in [1.54, 1.807) is 23.2 Å². The highest BCUT2D eigenvalue weighted by atomic mass is 32.1. The van der Waals surface area contributed by atoms with Crippen LogP contribution in [0.4, 0.5) is 0 Å². The highest BCUT2D eigenvalue weighted by Gasteiger charge is 2.35. The minimum absolute atomic E-state index is 0.105. The molecule has 0 aliphatic carbocycles. The van der Waals surface area contributed by atoms with E-state index in [1.807, 2.05) is 0 Å². The first-order valence-corrected chi connectivity index (χ1v) is 11.4. The summed E-state index contributed by atoms with van der Waals surface area (Å²) in [6, 6.07) is 1.86. The topological polar surface area (TPSA) is 108 Å². The molecular weight excluding hydrogens is 416 g/mol. The van der Waals surface area contributed by atoms with E-state index < -0.39 is 0 Å². The standard InChI is InChI=1S/C21H24N6O3S/c1-12-6-9-31-17(12)11-26-8-5-15-14(10-26)20(28)23-19(22-15)16-4-3-7-27(16)21(29)18-13(2)24-30-25-18/h6,9,16H,3-5,7-8,10-11H2,1-2H3,(H,22,23,28). The summed E-state index contributed by atoms with van der Waals surface area (Å²) in [4.78, 5) is 39.0. The number of hydrogen-bond acceptors (Lipinski definition) is 8. The molecule has 5 rings (SSSR count). The number of aromatic amines is 1. The fourth-order valence-electron chi connectivity index (χ4n) is 4.42. The summed E-state index contributed by atoms with van der Waals surface area (Å²) < 4.78 is 4.69. The van der Waals surface area contributed by atoms with Crippen LogP contribution in [0.3, 0.4) is 0 Å². The van der Waals surface area contributed by atoms with Crippen LogP contribution in [0.1, 0.15) is 62.6 Å². The third-order valence-electron chi connectivity index (χ3n) is 6.19. The molecule has 2 aliphatic heterocycles. The summed E-state index contributed by atoms with van der Waals surface area (Å²) in [6.07, 6.45) is 2.32. The molecule has 5 heterocycles. The van der Waals surface area contributed by atoms with Crippen molar-refractivity contribution in [3.8, 4) is 0 Å². The average Bonchev–Trinajstić information content (AvgIpc) is 3.50. The second-order valence-corrected chi connectivity index (χ2v) is 9.22. The number of carbonyl (C=O) groups excluding carboxylic acids is 1. The summed E-state index contributed by atoms with van der Waals surface area (Å²) in [6.45, 7) is 6.70. The molecule has 1 saturated heterocycles. The van der Waals surface area contributed by atoms with Crippen molar-refractivity contribution in [2.24, 2.45) is 0 Å². The third kappa shape index (κ3) is 3.70. The van der Waals surface area contributed by atoms with Gasteiger partial charge in [0.25, 0.3) is 11.5 Å². The van der Waals surface area contributed by atoms with E-state index in [0.717, 1.165) is 43.6 Å². The highest BCUT2D eigenvalue weighted by molar-refractivity contribution is 7.10. The Kier molecular flexibility index (Phi) is 5.19. The largest absolute Gasteiger partial charge is 0.327 e. The Labute approximate surface area is 183 Å². The molecule has 0 bridgehead atoms. The van der Waals surface area contributed by atoms with Crippen molar-refractivity contribution in [3.63, 3.8) is 0 Å². The number of hydrogen-bond donors (Lipinski definition) is 1. The number of thiophene rings is 1. The first kappa shape index (κ1) is 20.1. The number of aryl methyl sites for hydroxylation is 2. The van der Waals surface area contributed by atoms with Gasteiger partial charge in [-0.25, -0.2) is 9.61 Å². The minimum atomic E-state index is -0.270. The number of carbonyl (C=O) groups is 1. The van der Waals surface area contributed by atoms with Crippen LogP contribution in [0.2, 0.25) is 0 Å². The monoisotopic (exact) mass is 440 g/mol. The van der Waals surface area contributed by atoms with Crippen LogP contribution in [-0.2, 0) is 19.5 Å². The number of likely N-dealkylation sites (tertiary alicyclic amines) is 1. The number of nitrogens with zero attached hydrogens (tertiary/aromatic N) is 5. The zero-order valence-electron chi connectivity index (χ0n) is 17.6. The van der Waals surface area contributed by atoms with Gasteiger partial charge in [0.05, 0.1) is 17.3 Å². The zero-order chi connectivity index (χ0) is 21.5. The molecule has 1 fully saturated rings. The molecule has 162 valence electrons. The van der Waals surface area contributed by atoms with E-state index in [0.29, 0.717) is 24.6 Å². The van der Waals surface area contributed by atoms with Gasteiger partial charge >= 0.3 is 0 Å². The maximum absolute atomic E-state index is 13.0. The lowest BCUT2D eigenvalue weighted by atomic mass is 10.1. The van der Waals surface area contributed by atoms with Crippen LogP contribution in [0, 0.1) is 13.8 Å². The van der Waals surface area contributed by atoms with Gasteiger partial charge in [-0.1, -0.05) is 5.16 Å². The van der Waals surface area contributed by atoms with Crippen molar-refractivity contribution < 1.29 is 9.42 Å². The average molecular weight is 441 g/mol. The molecule has 1 atom stereocenters. The Balaban J connectivity index is 1.38. The number of fused-ring (bicyclic) bond motifs is 1. The van der Waals surface area contributed by atoms with E-state index in [1.165, 1.54) is 10.4 Å². The van der Waals surface area contributed by atoms with E-state index in [-0.39, 0.29) is 23.2 Å². The molecule has 1 unspecified atom stereocenters. The molecule has 0 spiro atoms. The second kappa shape index (κ2) is 8.01. The van der Waals surface area contributed by atoms with Crippen molar-refractivity contribution in [3.05, 3.63) is 60.7 Å². The summed E-state index contributed by atoms with van der Waals surface area (Å²) >= 11 is 1.75. The van der Waals surface area contributed by atoms with Gasteiger partial charge in [0.15, 0.2) is 5.69 Å². The molecule has 0 radical (unpaired) electrons. The Morgan fingerprint density at radius 3 is 2.94 bits per heavy atom. The number of H-pyrrole nitrogens is 1. The van der Waals surface area contributed by atoms with Crippen molar-refractivity contribution in [2.45, 2.75) is 52.2 Å². The van der Waals surface area contributed by atoms with Gasteiger partial charge in [-0.3, -0.25) is 14.5 Å². The predicted octanol–water partition coefficient (Wildman–Crippen LogP) is 2.37. The van der Waals surface area contributed by atoms with Gasteiger partial charge < -0.3 is 9.88 Å². The molecule has 9 nitrogen and oxygen atoms in total. The Bertz CT molecular complexity index is 1180. The van der Waals surface area contributed by atoms with Crippen molar-refractivity contribution >= 4 is 17.2 Å². The molecule has 3 aromatic heterocycles. The van der Waals surface area contributed by atoms with Gasteiger partial charge in [0, 0.05) is 37.5 Å². The molecule has 0 aromatic carbocycles. The van der Waals surface area contributed by atoms with Crippen LogP contribution < -0.4 is 5.56 Å². The van der Waals surface area contributed by atoms with E-state index in [4.69, 9.17) is 9.61 Å². The maximum Gasteiger partial charge on any atom is 0.278 e. The third-order valence-corrected chi connectivity index (χ3v) is 7.19. The molecule has 2 aliphatic rings. The Hall–Kier alpha value is -2.85. The molecule has 31 heavy (non-hydrogen) atoms. The number of amides is 1. The maximum atomic E-state index is 13.0. The van der Waals surface area contributed by atoms with Crippen molar-refractivity contribution in [1.82, 2.24) is 30.1 Å². The number of nitrogens with one attached hydrogen (secondary N) is 1. The molecule has 1 N–H and O–H groups in total. The zero-order valence-corrected chi connectivity index (χ0v) is 18.4. The summed E-state index contributed by atoms with van der Waals surface area (Å²) in [7, 11) is 0. The van der Waals surface area contributed by atoms with E-state index in [9.17, 15) is 9.59 Å². The van der Waals surface area contributed by atoms with Crippen LogP contribution in [0.15, 0.2) is 20.9 Å². The molecule has 1 amide bonds. The normalized spacial score (nSPS) is 19.0. The quantitative estimate of drug-likeness (QED) is 0.663. The highest BCUT2D eigenvalue weighted by Crippen LogP contribution is 2.32. The van der Waals surface area contributed by atoms with Crippen molar-refractivity contribution in [2.75, 3.05) is 13.1 Å². The van der Waals surface area contributed by atoms with Gasteiger partial charge in [-0.2, -0.15) is 0 Å². The van der Waals surface area contributed by atoms with Gasteiger partial charge in [-0.05, 0) is 48.9 Å². The number of aromatic nitrogens is 4. The summed E-state index contributed by atoms with van der Waals surface area (Å²) in [5, 5.41) is 9.56. The summed E-state index contributed by atoms with van der Waals surface area (Å²) in [5.41, 5.74) is 3.44. The Morgan fingerprint density at radius 2 is 2.19 bits per heavy atom. The first-order chi connectivity index (χ1) is 15.0. The van der Waals surface area contributed by atoms with Crippen LogP contribution in [-0.4, -0.2) is 49.1 Å². The van der Waals surface area contributed by atoms with E-state index in [2.05, 4.69) is 38.6 Å².